The van der Waals surface area contributed by atoms with Crippen LogP contribution in [-0.4, -0.2) is 34.8 Å². The summed E-state index contributed by atoms with van der Waals surface area (Å²) in [6.07, 6.45) is 6.39. The van der Waals surface area contributed by atoms with Gasteiger partial charge in [-0.2, -0.15) is 5.10 Å². The van der Waals surface area contributed by atoms with Gasteiger partial charge >= 0.3 is 0 Å². The van der Waals surface area contributed by atoms with Gasteiger partial charge in [0.15, 0.2) is 5.78 Å². The van der Waals surface area contributed by atoms with Crippen molar-refractivity contribution >= 4 is 11.9 Å². The van der Waals surface area contributed by atoms with E-state index in [4.69, 9.17) is 9.47 Å². The van der Waals surface area contributed by atoms with Gasteiger partial charge in [-0.3, -0.25) is 4.79 Å². The maximum absolute atomic E-state index is 12.4. The number of methoxy groups -OCH3 is 2. The summed E-state index contributed by atoms with van der Waals surface area (Å²) in [6, 6.07) is 12.8. The van der Waals surface area contributed by atoms with Crippen LogP contribution in [0.4, 0.5) is 0 Å². The summed E-state index contributed by atoms with van der Waals surface area (Å²) < 4.78 is 12.1. The lowest BCUT2D eigenvalue weighted by molar-refractivity contribution is 0.104. The molecule has 0 bridgehead atoms. The van der Waals surface area contributed by atoms with E-state index in [2.05, 4.69) is 10.1 Å². The number of carbonyl (C=O) groups is 1. The fraction of sp³-hybridized carbons (Fsp3) is 0.105. The Morgan fingerprint density at radius 2 is 1.88 bits per heavy atom. The highest BCUT2D eigenvalue weighted by Gasteiger charge is 2.10. The van der Waals surface area contributed by atoms with Crippen LogP contribution in [0.5, 0.6) is 11.5 Å². The van der Waals surface area contributed by atoms with Crippen LogP contribution < -0.4 is 9.47 Å². The molecule has 0 atom stereocenters. The minimum Gasteiger partial charge on any atom is -0.497 e. The monoisotopic (exact) mass is 335 g/mol. The second-order valence-corrected chi connectivity index (χ2v) is 5.20. The van der Waals surface area contributed by atoms with Gasteiger partial charge in [-0.05, 0) is 35.9 Å². The second-order valence-electron chi connectivity index (χ2n) is 5.20. The minimum absolute atomic E-state index is 0.139. The van der Waals surface area contributed by atoms with Crippen LogP contribution in [0.3, 0.4) is 0 Å². The number of aromatic nitrogens is 3. The number of allylic oxidation sites excluding steroid dienone is 1. The summed E-state index contributed by atoms with van der Waals surface area (Å²) in [7, 11) is 3.09. The van der Waals surface area contributed by atoms with Crippen LogP contribution in [-0.2, 0) is 0 Å². The molecule has 0 spiro atoms. The number of rotatable bonds is 6. The molecule has 126 valence electrons. The summed E-state index contributed by atoms with van der Waals surface area (Å²) in [5.41, 5.74) is 2.29. The number of carbonyl (C=O) groups excluding carboxylic acids is 1. The highest BCUT2D eigenvalue weighted by molar-refractivity contribution is 6.08. The van der Waals surface area contributed by atoms with Gasteiger partial charge in [0.1, 0.15) is 24.2 Å². The predicted octanol–water partition coefficient (Wildman–Crippen LogP) is 3.18. The molecule has 0 aliphatic rings. The molecule has 3 rings (SSSR count). The quantitative estimate of drug-likeness (QED) is 0.511. The van der Waals surface area contributed by atoms with E-state index in [9.17, 15) is 4.79 Å². The van der Waals surface area contributed by atoms with Gasteiger partial charge in [-0.1, -0.05) is 18.2 Å². The van der Waals surface area contributed by atoms with Gasteiger partial charge in [0.05, 0.1) is 25.5 Å². The van der Waals surface area contributed by atoms with Gasteiger partial charge in [-0.25, -0.2) is 9.67 Å². The van der Waals surface area contributed by atoms with Crippen molar-refractivity contribution in [3.8, 4) is 17.2 Å². The molecule has 0 saturated heterocycles. The van der Waals surface area contributed by atoms with Gasteiger partial charge < -0.3 is 9.47 Å². The maximum Gasteiger partial charge on any atom is 0.189 e. The molecule has 0 radical (unpaired) electrons. The Bertz CT molecular complexity index is 885. The number of benzene rings is 2. The molecule has 25 heavy (non-hydrogen) atoms. The number of hydrogen-bond donors (Lipinski definition) is 0. The summed E-state index contributed by atoms with van der Waals surface area (Å²) in [4.78, 5) is 16.3. The van der Waals surface area contributed by atoms with Crippen LogP contribution in [0.15, 0.2) is 61.2 Å². The molecule has 1 aromatic heterocycles. The molecule has 0 saturated carbocycles. The first-order chi connectivity index (χ1) is 12.2. The molecule has 0 unspecified atom stereocenters. The van der Waals surface area contributed by atoms with Crippen molar-refractivity contribution < 1.29 is 14.3 Å². The fourth-order valence-electron chi connectivity index (χ4n) is 2.34. The molecular weight excluding hydrogens is 318 g/mol. The topological polar surface area (TPSA) is 66.2 Å². The van der Waals surface area contributed by atoms with Crippen LogP contribution in [0, 0.1) is 0 Å². The molecule has 1 heterocycles. The summed E-state index contributed by atoms with van der Waals surface area (Å²) in [5.74, 6) is 0.983. The van der Waals surface area contributed by atoms with E-state index in [0.717, 1.165) is 11.3 Å². The predicted molar refractivity (Wildman–Crippen MR) is 94.3 cm³/mol. The van der Waals surface area contributed by atoms with Crippen LogP contribution >= 0.6 is 0 Å². The summed E-state index contributed by atoms with van der Waals surface area (Å²) >= 11 is 0. The fourth-order valence-corrected chi connectivity index (χ4v) is 2.34. The normalized spacial score (nSPS) is 10.8. The number of ketones is 1. The lowest BCUT2D eigenvalue weighted by Gasteiger charge is -2.08. The third-order valence-electron chi connectivity index (χ3n) is 3.68. The van der Waals surface area contributed by atoms with Crippen molar-refractivity contribution in [1.82, 2.24) is 14.8 Å². The zero-order valence-corrected chi connectivity index (χ0v) is 13.9. The van der Waals surface area contributed by atoms with Gasteiger partial charge in [-0.15, -0.1) is 0 Å². The Morgan fingerprint density at radius 1 is 1.08 bits per heavy atom. The van der Waals surface area contributed by atoms with Crippen LogP contribution in [0.1, 0.15) is 15.9 Å². The first-order valence-electron chi connectivity index (χ1n) is 7.61. The third-order valence-corrected chi connectivity index (χ3v) is 3.68. The molecule has 6 nitrogen and oxygen atoms in total. The SMILES string of the molecule is COc1ccc(C(=O)/C=C/c2ccc(-n3cncn3)cc2)c(OC)c1. The molecule has 0 aliphatic carbocycles. The summed E-state index contributed by atoms with van der Waals surface area (Å²) in [5, 5.41) is 4.07. The van der Waals surface area contributed by atoms with E-state index < -0.39 is 0 Å². The maximum atomic E-state index is 12.4. The molecule has 0 aliphatic heterocycles. The van der Waals surface area contributed by atoms with E-state index in [1.807, 2.05) is 24.3 Å². The summed E-state index contributed by atoms with van der Waals surface area (Å²) in [6.45, 7) is 0. The lowest BCUT2D eigenvalue weighted by atomic mass is 10.1. The molecule has 6 heteroatoms. The van der Waals surface area contributed by atoms with Crippen molar-refractivity contribution in [2.75, 3.05) is 14.2 Å². The Hall–Kier alpha value is -3.41. The second kappa shape index (κ2) is 7.44. The Balaban J connectivity index is 1.76. The van der Waals surface area contributed by atoms with Gasteiger partial charge in [0, 0.05) is 6.07 Å². The van der Waals surface area contributed by atoms with Crippen molar-refractivity contribution in [2.24, 2.45) is 0 Å². The molecule has 2 aromatic carbocycles. The van der Waals surface area contributed by atoms with Crippen molar-refractivity contribution in [3.05, 3.63) is 72.3 Å². The van der Waals surface area contributed by atoms with Gasteiger partial charge in [0.2, 0.25) is 0 Å². The number of hydrogen-bond acceptors (Lipinski definition) is 5. The molecule has 0 N–H and O–H groups in total. The van der Waals surface area contributed by atoms with E-state index in [1.165, 1.54) is 19.5 Å². The lowest BCUT2D eigenvalue weighted by Crippen LogP contribution is -1.99. The van der Waals surface area contributed by atoms with Crippen LogP contribution in [0.25, 0.3) is 11.8 Å². The van der Waals surface area contributed by atoms with Crippen molar-refractivity contribution in [1.29, 1.82) is 0 Å². The zero-order chi connectivity index (χ0) is 17.6. The largest absolute Gasteiger partial charge is 0.497 e. The average Bonchev–Trinajstić information content (AvgIpc) is 3.20. The van der Waals surface area contributed by atoms with Gasteiger partial charge in [0.25, 0.3) is 0 Å². The van der Waals surface area contributed by atoms with E-state index in [0.29, 0.717) is 17.1 Å². The first kappa shape index (κ1) is 16.4. The molecular formula is C19H17N3O3. The minimum atomic E-state index is -0.139. The molecule has 0 amide bonds. The average molecular weight is 335 g/mol. The van der Waals surface area contributed by atoms with E-state index in [-0.39, 0.29) is 5.78 Å². The van der Waals surface area contributed by atoms with E-state index in [1.54, 1.807) is 42.4 Å². The standard InChI is InChI=1S/C19H17N3O3/c1-24-16-8-9-17(19(11-16)25-2)18(23)10-5-14-3-6-15(7-4-14)22-13-20-12-21-22/h3-13H,1-2H3/b10-5+. The highest BCUT2D eigenvalue weighted by Crippen LogP contribution is 2.25. The Labute approximate surface area is 145 Å². The smallest absolute Gasteiger partial charge is 0.189 e. The molecule has 0 fully saturated rings. The van der Waals surface area contributed by atoms with Crippen LogP contribution in [0.2, 0.25) is 0 Å². The number of nitrogens with zero attached hydrogens (tertiary/aromatic N) is 3. The first-order valence-corrected chi connectivity index (χ1v) is 7.61. The third kappa shape index (κ3) is 3.74. The Morgan fingerprint density at radius 3 is 2.52 bits per heavy atom. The van der Waals surface area contributed by atoms with E-state index >= 15 is 0 Å². The van der Waals surface area contributed by atoms with Crippen molar-refractivity contribution in [2.45, 2.75) is 0 Å². The number of ether oxygens (including phenoxy) is 2. The van der Waals surface area contributed by atoms with Crippen molar-refractivity contribution in [3.63, 3.8) is 0 Å². The Kier molecular flexibility index (Phi) is 4.89. The zero-order valence-electron chi connectivity index (χ0n) is 13.9. The highest BCUT2D eigenvalue weighted by atomic mass is 16.5. The molecule has 3 aromatic rings.